The molecule has 0 fully saturated rings. The van der Waals surface area contributed by atoms with E-state index in [9.17, 15) is 0 Å². The number of hydrogen-bond acceptors (Lipinski definition) is 1. The third-order valence-corrected chi connectivity index (χ3v) is 13.6. The van der Waals surface area contributed by atoms with Gasteiger partial charge in [-0.05, 0) is 123 Å². The van der Waals surface area contributed by atoms with Crippen LogP contribution in [0.1, 0.15) is 25.0 Å². The van der Waals surface area contributed by atoms with Crippen LogP contribution < -0.4 is 0 Å². The van der Waals surface area contributed by atoms with Crippen molar-refractivity contribution in [2.75, 3.05) is 0 Å². The molecule has 0 atom stereocenters. The first-order valence-corrected chi connectivity index (χ1v) is 21.0. The van der Waals surface area contributed by atoms with E-state index >= 15 is 0 Å². The highest BCUT2D eigenvalue weighted by Gasteiger charge is 2.38. The Kier molecular flexibility index (Phi) is 6.85. The van der Waals surface area contributed by atoms with Crippen molar-refractivity contribution >= 4 is 75.8 Å². The summed E-state index contributed by atoms with van der Waals surface area (Å²) in [6.07, 6.45) is 0. The number of hydrogen-bond donors (Lipinski definition) is 0. The van der Waals surface area contributed by atoms with Crippen molar-refractivity contribution in [3.63, 3.8) is 0 Å². The number of benzene rings is 11. The second-order valence-electron chi connectivity index (χ2n) is 17.1. The van der Waals surface area contributed by atoms with Gasteiger partial charge in [-0.2, -0.15) is 0 Å². The van der Waals surface area contributed by atoms with Gasteiger partial charge in [0.25, 0.3) is 0 Å². The summed E-state index contributed by atoms with van der Waals surface area (Å²) in [6, 6.07) is 71.9. The van der Waals surface area contributed by atoms with Gasteiger partial charge in [-0.3, -0.25) is 0 Å². The van der Waals surface area contributed by atoms with Crippen LogP contribution in [-0.4, -0.2) is 0 Å². The highest BCUT2D eigenvalue weighted by Crippen LogP contribution is 2.53. The molecule has 1 nitrogen and oxygen atoms in total. The molecule has 0 radical (unpaired) electrons. The highest BCUT2D eigenvalue weighted by atomic mass is 16.3. The third-order valence-electron chi connectivity index (χ3n) is 13.6. The molecule has 12 aromatic rings. The fourth-order valence-electron chi connectivity index (χ4n) is 10.9. The normalized spacial score (nSPS) is 13.3. The van der Waals surface area contributed by atoms with Crippen molar-refractivity contribution in [2.45, 2.75) is 19.3 Å². The molecule has 11 aromatic carbocycles. The maximum Gasteiger partial charge on any atom is 0.143 e. The van der Waals surface area contributed by atoms with Crippen LogP contribution in [0.2, 0.25) is 0 Å². The first-order chi connectivity index (χ1) is 29.5. The highest BCUT2D eigenvalue weighted by molar-refractivity contribution is 6.24. The summed E-state index contributed by atoms with van der Waals surface area (Å²) in [6.45, 7) is 4.67. The summed E-state index contributed by atoms with van der Waals surface area (Å²) in [5.41, 5.74) is 14.5. The zero-order chi connectivity index (χ0) is 39.7. The standard InChI is InChI=1S/C59H38O/c1-59(2)53-25-12-11-18-42(53)48-30-31-50-52-34-51(41-17-5-10-23-49(41)57(52)60-58(50)56(48)59)38-28-26-37-33-39(29-27-36(37)32-38)54-44-19-6-8-21-46(44)55(47-22-9-7-20-45(47)54)43-24-13-15-35-14-3-4-16-40(35)43/h3-34H,1-2H3. The quantitative estimate of drug-likeness (QED) is 0.163. The Morgan fingerprint density at radius 1 is 0.317 bits per heavy atom. The zero-order valence-corrected chi connectivity index (χ0v) is 33.4. The summed E-state index contributed by atoms with van der Waals surface area (Å²) < 4.78 is 7.00. The predicted molar refractivity (Wildman–Crippen MR) is 255 cm³/mol. The van der Waals surface area contributed by atoms with Crippen LogP contribution in [0, 0.1) is 0 Å². The molecule has 0 aliphatic heterocycles. The fourth-order valence-corrected chi connectivity index (χ4v) is 10.9. The first-order valence-electron chi connectivity index (χ1n) is 21.0. The van der Waals surface area contributed by atoms with Gasteiger partial charge in [0.05, 0.1) is 0 Å². The molecule has 1 aliphatic rings. The lowest BCUT2D eigenvalue weighted by Crippen LogP contribution is -2.15. The van der Waals surface area contributed by atoms with Crippen molar-refractivity contribution in [1.82, 2.24) is 0 Å². The average molecular weight is 763 g/mol. The maximum absolute atomic E-state index is 7.00. The van der Waals surface area contributed by atoms with Crippen LogP contribution in [0.5, 0.6) is 0 Å². The van der Waals surface area contributed by atoms with Gasteiger partial charge in [0, 0.05) is 27.1 Å². The maximum atomic E-state index is 7.00. The number of rotatable bonds is 3. The predicted octanol–water partition coefficient (Wildman–Crippen LogP) is 16.7. The molecule has 1 heterocycles. The Morgan fingerprint density at radius 2 is 0.867 bits per heavy atom. The van der Waals surface area contributed by atoms with Crippen molar-refractivity contribution < 1.29 is 4.42 Å². The molecule has 0 bridgehead atoms. The van der Waals surface area contributed by atoms with Crippen LogP contribution in [0.3, 0.4) is 0 Å². The van der Waals surface area contributed by atoms with E-state index in [0.717, 1.165) is 21.9 Å². The molecule has 0 saturated heterocycles. The van der Waals surface area contributed by atoms with Gasteiger partial charge in [-0.25, -0.2) is 0 Å². The van der Waals surface area contributed by atoms with E-state index in [2.05, 4.69) is 208 Å². The van der Waals surface area contributed by atoms with Gasteiger partial charge in [0.15, 0.2) is 0 Å². The Hall–Kier alpha value is -7.48. The minimum Gasteiger partial charge on any atom is -0.455 e. The van der Waals surface area contributed by atoms with Crippen molar-refractivity contribution in [3.05, 3.63) is 205 Å². The van der Waals surface area contributed by atoms with Crippen LogP contribution in [0.4, 0.5) is 0 Å². The van der Waals surface area contributed by atoms with E-state index in [1.807, 2.05) is 0 Å². The van der Waals surface area contributed by atoms with Crippen LogP contribution in [0.25, 0.3) is 120 Å². The van der Waals surface area contributed by atoms with Gasteiger partial charge < -0.3 is 4.42 Å². The molecule has 13 rings (SSSR count). The molecule has 0 N–H and O–H groups in total. The largest absolute Gasteiger partial charge is 0.455 e. The molecule has 0 saturated carbocycles. The third kappa shape index (κ3) is 4.58. The summed E-state index contributed by atoms with van der Waals surface area (Å²) in [5, 5.41) is 14.7. The monoisotopic (exact) mass is 762 g/mol. The molecule has 0 unspecified atom stereocenters. The Morgan fingerprint density at radius 3 is 1.62 bits per heavy atom. The first kappa shape index (κ1) is 33.5. The van der Waals surface area contributed by atoms with Crippen LogP contribution in [-0.2, 0) is 5.41 Å². The molecule has 60 heavy (non-hydrogen) atoms. The number of fused-ring (bicyclic) bond motifs is 13. The SMILES string of the molecule is CC1(C)c2ccccc2-c2ccc3c(oc4c5ccccc5c(-c5ccc6cc(-c7c8ccccc8c(-c8cccc9ccccc89)c8ccccc78)ccc6c5)cc34)c21. The van der Waals surface area contributed by atoms with E-state index < -0.39 is 0 Å². The van der Waals surface area contributed by atoms with Crippen molar-refractivity contribution in [1.29, 1.82) is 0 Å². The summed E-state index contributed by atoms with van der Waals surface area (Å²) in [4.78, 5) is 0. The lowest BCUT2D eigenvalue weighted by Gasteiger charge is -2.21. The second kappa shape index (κ2) is 12.3. The van der Waals surface area contributed by atoms with Crippen molar-refractivity contribution in [3.8, 4) is 44.5 Å². The minimum absolute atomic E-state index is 0.160. The topological polar surface area (TPSA) is 13.1 Å². The van der Waals surface area contributed by atoms with Gasteiger partial charge in [-0.1, -0.05) is 184 Å². The minimum atomic E-state index is -0.160. The van der Waals surface area contributed by atoms with Gasteiger partial charge >= 0.3 is 0 Å². The van der Waals surface area contributed by atoms with E-state index in [1.54, 1.807) is 0 Å². The molecule has 0 spiro atoms. The Labute approximate surface area is 347 Å². The summed E-state index contributed by atoms with van der Waals surface area (Å²) >= 11 is 0. The zero-order valence-electron chi connectivity index (χ0n) is 33.4. The summed E-state index contributed by atoms with van der Waals surface area (Å²) in [5.74, 6) is 0. The molecule has 1 aromatic heterocycles. The van der Waals surface area contributed by atoms with Gasteiger partial charge in [0.2, 0.25) is 0 Å². The lowest BCUT2D eigenvalue weighted by atomic mass is 9.82. The van der Waals surface area contributed by atoms with E-state index in [4.69, 9.17) is 4.42 Å². The Balaban J connectivity index is 0.984. The molecule has 0 amide bonds. The lowest BCUT2D eigenvalue weighted by molar-refractivity contribution is 0.621. The molecular weight excluding hydrogens is 725 g/mol. The molecule has 1 aliphatic carbocycles. The smallest absolute Gasteiger partial charge is 0.143 e. The average Bonchev–Trinajstić information content (AvgIpc) is 3.79. The van der Waals surface area contributed by atoms with E-state index in [0.29, 0.717) is 0 Å². The van der Waals surface area contributed by atoms with Crippen LogP contribution in [0.15, 0.2) is 199 Å². The van der Waals surface area contributed by atoms with Crippen molar-refractivity contribution in [2.24, 2.45) is 0 Å². The molecular formula is C59H38O. The molecule has 1 heteroatoms. The van der Waals surface area contributed by atoms with Gasteiger partial charge in [0.1, 0.15) is 11.2 Å². The van der Waals surface area contributed by atoms with Crippen LogP contribution >= 0.6 is 0 Å². The summed E-state index contributed by atoms with van der Waals surface area (Å²) in [7, 11) is 0. The fraction of sp³-hybridized carbons (Fsp3) is 0.0508. The number of furan rings is 1. The van der Waals surface area contributed by atoms with E-state index in [-0.39, 0.29) is 5.41 Å². The van der Waals surface area contributed by atoms with E-state index in [1.165, 1.54) is 109 Å². The Bertz CT molecular complexity index is 3740. The molecule has 280 valence electrons. The second-order valence-corrected chi connectivity index (χ2v) is 17.1. The van der Waals surface area contributed by atoms with Gasteiger partial charge in [-0.15, -0.1) is 0 Å².